The zero-order chi connectivity index (χ0) is 14.4. The highest BCUT2D eigenvalue weighted by Crippen LogP contribution is 2.29. The van der Waals surface area contributed by atoms with Gasteiger partial charge in [0.25, 0.3) is 0 Å². The van der Waals surface area contributed by atoms with Crippen molar-refractivity contribution in [1.82, 2.24) is 5.32 Å². The van der Waals surface area contributed by atoms with Crippen molar-refractivity contribution in [1.29, 1.82) is 0 Å². The van der Waals surface area contributed by atoms with Gasteiger partial charge in [-0.1, -0.05) is 60.7 Å². The fourth-order valence-corrected chi connectivity index (χ4v) is 2.59. The maximum atomic E-state index is 11.5. The molecule has 0 aromatic heterocycles. The van der Waals surface area contributed by atoms with Crippen LogP contribution in [0.25, 0.3) is 0 Å². The summed E-state index contributed by atoms with van der Waals surface area (Å²) in [6.45, 7) is 0. The molecule has 3 heteroatoms. The van der Waals surface area contributed by atoms with Crippen LogP contribution in [0, 0.1) is 0 Å². The zero-order valence-corrected chi connectivity index (χ0v) is 11.7. The summed E-state index contributed by atoms with van der Waals surface area (Å²) in [4.78, 5) is 11.5. The summed E-state index contributed by atoms with van der Waals surface area (Å²) in [6, 6.07) is 20.1. The number of carbonyl (C=O) groups excluding carboxylic acids is 1. The summed E-state index contributed by atoms with van der Waals surface area (Å²) >= 11 is 0. The van der Waals surface area contributed by atoms with Crippen molar-refractivity contribution in [2.45, 2.75) is 18.4 Å². The Balaban J connectivity index is 2.40. The molecule has 0 fully saturated rings. The van der Waals surface area contributed by atoms with Crippen molar-refractivity contribution in [3.8, 4) is 0 Å². The van der Waals surface area contributed by atoms with Gasteiger partial charge < -0.3 is 11.1 Å². The first kappa shape index (κ1) is 14.3. The number of likely N-dealkylation sites (N-methyl/N-ethyl adjacent to an activating group) is 1. The third kappa shape index (κ3) is 3.25. The average molecular weight is 268 g/mol. The molecule has 1 amide bonds. The van der Waals surface area contributed by atoms with Crippen LogP contribution in [0.3, 0.4) is 0 Å². The number of rotatable bonds is 6. The highest BCUT2D eigenvalue weighted by molar-refractivity contribution is 5.75. The van der Waals surface area contributed by atoms with Crippen LogP contribution < -0.4 is 11.1 Å². The Hall–Kier alpha value is -2.13. The molecule has 0 saturated heterocycles. The van der Waals surface area contributed by atoms with Gasteiger partial charge in [0.2, 0.25) is 5.91 Å². The number of nitrogens with one attached hydrogen (secondary N) is 1. The predicted molar refractivity (Wildman–Crippen MR) is 81.1 cm³/mol. The van der Waals surface area contributed by atoms with E-state index in [9.17, 15) is 4.79 Å². The van der Waals surface area contributed by atoms with Crippen LogP contribution in [0.5, 0.6) is 0 Å². The third-order valence-electron chi connectivity index (χ3n) is 3.63. The van der Waals surface area contributed by atoms with E-state index >= 15 is 0 Å². The van der Waals surface area contributed by atoms with Gasteiger partial charge >= 0.3 is 0 Å². The first-order chi connectivity index (χ1) is 9.66. The third-order valence-corrected chi connectivity index (χ3v) is 3.63. The van der Waals surface area contributed by atoms with E-state index in [1.165, 1.54) is 5.56 Å². The van der Waals surface area contributed by atoms with Crippen molar-refractivity contribution < 1.29 is 4.79 Å². The second-order valence-corrected chi connectivity index (χ2v) is 5.00. The summed E-state index contributed by atoms with van der Waals surface area (Å²) in [5.74, 6) is -0.306. The van der Waals surface area contributed by atoms with Gasteiger partial charge in [-0.05, 0) is 24.6 Å². The molecular formula is C17H20N2O. The Morgan fingerprint density at radius 2 is 1.60 bits per heavy atom. The highest BCUT2D eigenvalue weighted by Gasteiger charge is 2.32. The number of primary amides is 1. The van der Waals surface area contributed by atoms with Crippen LogP contribution >= 0.6 is 0 Å². The quantitative estimate of drug-likeness (QED) is 0.844. The van der Waals surface area contributed by atoms with Crippen LogP contribution in [0.1, 0.15) is 17.5 Å². The van der Waals surface area contributed by atoms with Gasteiger partial charge in [0.05, 0.1) is 5.54 Å². The molecule has 2 aromatic carbocycles. The number of nitrogens with two attached hydrogens (primary N) is 1. The number of carbonyl (C=O) groups is 1. The van der Waals surface area contributed by atoms with Gasteiger partial charge in [0, 0.05) is 6.42 Å². The number of amides is 1. The van der Waals surface area contributed by atoms with Gasteiger partial charge in [-0.2, -0.15) is 0 Å². The van der Waals surface area contributed by atoms with E-state index in [1.807, 2.05) is 55.6 Å². The first-order valence-corrected chi connectivity index (χ1v) is 6.73. The van der Waals surface area contributed by atoms with Crippen molar-refractivity contribution in [3.63, 3.8) is 0 Å². The Kier molecular flexibility index (Phi) is 4.53. The molecule has 2 aromatic rings. The van der Waals surface area contributed by atoms with E-state index in [4.69, 9.17) is 5.73 Å². The topological polar surface area (TPSA) is 55.1 Å². The lowest BCUT2D eigenvalue weighted by molar-refractivity contribution is -0.119. The number of benzene rings is 2. The maximum absolute atomic E-state index is 11.5. The Bertz CT molecular complexity index is 554. The molecule has 0 aliphatic rings. The molecule has 0 saturated carbocycles. The minimum atomic E-state index is -0.464. The van der Waals surface area contributed by atoms with Crippen LogP contribution in [0.2, 0.25) is 0 Å². The zero-order valence-electron chi connectivity index (χ0n) is 11.7. The largest absolute Gasteiger partial charge is 0.370 e. The highest BCUT2D eigenvalue weighted by atomic mass is 16.1. The van der Waals surface area contributed by atoms with E-state index in [1.54, 1.807) is 0 Å². The molecule has 0 radical (unpaired) electrons. The maximum Gasteiger partial charge on any atom is 0.219 e. The minimum absolute atomic E-state index is 0.266. The Morgan fingerprint density at radius 3 is 2.10 bits per heavy atom. The van der Waals surface area contributed by atoms with Gasteiger partial charge in [0.15, 0.2) is 0 Å². The summed E-state index contributed by atoms with van der Waals surface area (Å²) in [6.07, 6.45) is 0.986. The molecule has 0 bridgehead atoms. The predicted octanol–water partition coefficient (Wildman–Crippen LogP) is 2.22. The molecule has 0 aliphatic heterocycles. The molecule has 3 nitrogen and oxygen atoms in total. The second-order valence-electron chi connectivity index (χ2n) is 5.00. The van der Waals surface area contributed by atoms with Crippen molar-refractivity contribution in [2.75, 3.05) is 7.05 Å². The monoisotopic (exact) mass is 268 g/mol. The first-order valence-electron chi connectivity index (χ1n) is 6.73. The second kappa shape index (κ2) is 6.35. The summed E-state index contributed by atoms with van der Waals surface area (Å²) in [5, 5.41) is 3.31. The van der Waals surface area contributed by atoms with Crippen LogP contribution in [0.15, 0.2) is 60.7 Å². The molecule has 1 atom stereocenters. The van der Waals surface area contributed by atoms with E-state index in [0.717, 1.165) is 12.0 Å². The van der Waals surface area contributed by atoms with Gasteiger partial charge in [0.1, 0.15) is 0 Å². The number of hydrogen-bond acceptors (Lipinski definition) is 2. The van der Waals surface area contributed by atoms with Crippen LogP contribution in [0.4, 0.5) is 0 Å². The van der Waals surface area contributed by atoms with Gasteiger partial charge in [-0.25, -0.2) is 0 Å². The normalized spacial score (nSPS) is 13.7. The Labute approximate surface area is 119 Å². The van der Waals surface area contributed by atoms with E-state index in [0.29, 0.717) is 0 Å². The van der Waals surface area contributed by atoms with Crippen molar-refractivity contribution in [2.24, 2.45) is 5.73 Å². The lowest BCUT2D eigenvalue weighted by Gasteiger charge is -2.33. The summed E-state index contributed by atoms with van der Waals surface area (Å²) < 4.78 is 0. The van der Waals surface area contributed by atoms with E-state index in [2.05, 4.69) is 17.4 Å². The average Bonchev–Trinajstić information content (AvgIpc) is 2.48. The van der Waals surface area contributed by atoms with Crippen LogP contribution in [-0.2, 0) is 16.8 Å². The number of hydrogen-bond donors (Lipinski definition) is 2. The fourth-order valence-electron chi connectivity index (χ4n) is 2.59. The Morgan fingerprint density at radius 1 is 1.05 bits per heavy atom. The van der Waals surface area contributed by atoms with E-state index in [-0.39, 0.29) is 12.3 Å². The lowest BCUT2D eigenvalue weighted by Crippen LogP contribution is -2.45. The molecule has 20 heavy (non-hydrogen) atoms. The molecule has 3 N–H and O–H groups in total. The van der Waals surface area contributed by atoms with Gasteiger partial charge in [-0.15, -0.1) is 0 Å². The molecule has 2 rings (SSSR count). The standard InChI is InChI=1S/C17H20N2O/c1-19-17(13-16(18)20,15-10-6-3-7-11-15)12-14-8-4-2-5-9-14/h2-11,19H,12-13H2,1H3,(H2,18,20). The SMILES string of the molecule is CNC(CC(N)=O)(Cc1ccccc1)c1ccccc1. The molecular weight excluding hydrogens is 248 g/mol. The summed E-state index contributed by atoms with van der Waals surface area (Å²) in [5.41, 5.74) is 7.25. The molecule has 104 valence electrons. The van der Waals surface area contributed by atoms with E-state index < -0.39 is 5.54 Å². The van der Waals surface area contributed by atoms with Crippen molar-refractivity contribution >= 4 is 5.91 Å². The molecule has 1 unspecified atom stereocenters. The smallest absolute Gasteiger partial charge is 0.219 e. The lowest BCUT2D eigenvalue weighted by atomic mass is 9.81. The molecule has 0 spiro atoms. The molecule has 0 aliphatic carbocycles. The summed E-state index contributed by atoms with van der Waals surface area (Å²) in [7, 11) is 1.87. The van der Waals surface area contributed by atoms with Crippen LogP contribution in [-0.4, -0.2) is 13.0 Å². The minimum Gasteiger partial charge on any atom is -0.370 e. The molecule has 0 heterocycles. The van der Waals surface area contributed by atoms with Crippen molar-refractivity contribution in [3.05, 3.63) is 71.8 Å². The van der Waals surface area contributed by atoms with Gasteiger partial charge in [-0.3, -0.25) is 4.79 Å². The fraction of sp³-hybridized carbons (Fsp3) is 0.235.